The van der Waals surface area contributed by atoms with Crippen molar-refractivity contribution in [2.75, 3.05) is 56.5 Å². The number of anilines is 2. The van der Waals surface area contributed by atoms with Crippen LogP contribution >= 0.6 is 24.0 Å². The molecule has 0 bridgehead atoms. The van der Waals surface area contributed by atoms with Gasteiger partial charge in [-0.05, 0) is 37.1 Å². The maximum atomic E-state index is 4.46. The Bertz CT molecular complexity index is 687. The average Bonchev–Trinajstić information content (AvgIpc) is 2.75. The monoisotopic (exact) mass is 494 g/mol. The molecule has 7 heteroatoms. The highest BCUT2D eigenvalue weighted by Gasteiger charge is 2.19. The van der Waals surface area contributed by atoms with E-state index in [1.54, 1.807) is 0 Å². The van der Waals surface area contributed by atoms with Gasteiger partial charge in [-0.2, -0.15) is 0 Å². The van der Waals surface area contributed by atoms with E-state index in [9.17, 15) is 0 Å². The van der Waals surface area contributed by atoms with Crippen molar-refractivity contribution in [3.8, 4) is 0 Å². The summed E-state index contributed by atoms with van der Waals surface area (Å²) in [6, 6.07) is 16.6. The lowest BCUT2D eigenvalue weighted by Crippen LogP contribution is -2.52. The quantitative estimate of drug-likeness (QED) is 0.268. The second-order valence-electron chi connectivity index (χ2n) is 6.63. The van der Waals surface area contributed by atoms with Crippen molar-refractivity contribution in [2.45, 2.75) is 12.8 Å². The number of halogens is 1. The van der Waals surface area contributed by atoms with E-state index in [2.05, 4.69) is 60.7 Å². The second kappa shape index (κ2) is 12.4. The van der Waals surface area contributed by atoms with E-state index in [1.165, 1.54) is 5.69 Å². The molecule has 0 unspecified atom stereocenters. The molecule has 2 N–H and O–H groups in total. The molecule has 2 aromatic rings. The van der Waals surface area contributed by atoms with E-state index in [0.29, 0.717) is 0 Å². The summed E-state index contributed by atoms with van der Waals surface area (Å²) >= 11 is 0. The van der Waals surface area contributed by atoms with E-state index in [-0.39, 0.29) is 24.0 Å². The molecule has 0 amide bonds. The van der Waals surface area contributed by atoms with Gasteiger partial charge in [-0.3, -0.25) is 4.99 Å². The highest BCUT2D eigenvalue weighted by Crippen LogP contribution is 2.15. The lowest BCUT2D eigenvalue weighted by Gasteiger charge is -2.37. The van der Waals surface area contributed by atoms with Gasteiger partial charge in [0, 0.05) is 58.2 Å². The largest absolute Gasteiger partial charge is 0.370 e. The zero-order valence-electron chi connectivity index (χ0n) is 16.6. The van der Waals surface area contributed by atoms with Gasteiger partial charge >= 0.3 is 0 Å². The molecule has 1 fully saturated rings. The van der Waals surface area contributed by atoms with Crippen LogP contribution in [0.15, 0.2) is 59.7 Å². The first-order valence-corrected chi connectivity index (χ1v) is 9.77. The van der Waals surface area contributed by atoms with Crippen molar-refractivity contribution in [3.05, 3.63) is 54.7 Å². The van der Waals surface area contributed by atoms with Crippen LogP contribution in [0.3, 0.4) is 0 Å². The number of guanidine groups is 1. The summed E-state index contributed by atoms with van der Waals surface area (Å²) in [7, 11) is 1.87. The number of unbranched alkanes of at least 4 members (excludes halogenated alkanes) is 1. The van der Waals surface area contributed by atoms with Crippen molar-refractivity contribution in [2.24, 2.45) is 4.99 Å². The van der Waals surface area contributed by atoms with Crippen LogP contribution in [0.5, 0.6) is 0 Å². The third kappa shape index (κ3) is 6.85. The maximum absolute atomic E-state index is 4.46. The number of para-hydroxylation sites is 1. The third-order valence-electron chi connectivity index (χ3n) is 4.77. The molecular weight excluding hydrogens is 463 g/mol. The summed E-state index contributed by atoms with van der Waals surface area (Å²) in [6.45, 7) is 5.92. The van der Waals surface area contributed by atoms with Crippen molar-refractivity contribution >= 4 is 41.4 Å². The first-order valence-electron chi connectivity index (χ1n) is 9.77. The van der Waals surface area contributed by atoms with Gasteiger partial charge in [-0.15, -0.1) is 24.0 Å². The van der Waals surface area contributed by atoms with Crippen LogP contribution in [0, 0.1) is 0 Å². The number of nitrogens with one attached hydrogen (secondary N) is 2. The molecule has 0 saturated carbocycles. The first kappa shape index (κ1) is 22.3. The van der Waals surface area contributed by atoms with Crippen molar-refractivity contribution in [1.29, 1.82) is 0 Å². The molecule has 1 aliphatic heterocycles. The smallest absolute Gasteiger partial charge is 0.193 e. The maximum Gasteiger partial charge on any atom is 0.193 e. The van der Waals surface area contributed by atoms with Gasteiger partial charge in [0.1, 0.15) is 5.82 Å². The van der Waals surface area contributed by atoms with Crippen molar-refractivity contribution in [3.63, 3.8) is 0 Å². The van der Waals surface area contributed by atoms with Gasteiger partial charge in [-0.1, -0.05) is 24.3 Å². The Morgan fingerprint density at radius 1 is 0.964 bits per heavy atom. The van der Waals surface area contributed by atoms with E-state index < -0.39 is 0 Å². The van der Waals surface area contributed by atoms with Crippen LogP contribution in [0.1, 0.15) is 12.8 Å². The van der Waals surface area contributed by atoms with E-state index in [0.717, 1.165) is 63.9 Å². The van der Waals surface area contributed by atoms with E-state index in [4.69, 9.17) is 0 Å². The Hall–Kier alpha value is -2.03. The van der Waals surface area contributed by atoms with Crippen molar-refractivity contribution in [1.82, 2.24) is 15.2 Å². The Kier molecular flexibility index (Phi) is 9.88. The fraction of sp³-hybridized carbons (Fsp3) is 0.429. The number of aliphatic imine (C=N–C) groups is 1. The lowest BCUT2D eigenvalue weighted by molar-refractivity contribution is 0.372. The summed E-state index contributed by atoms with van der Waals surface area (Å²) in [5, 5.41) is 6.85. The van der Waals surface area contributed by atoms with Gasteiger partial charge in [0.25, 0.3) is 0 Å². The summed E-state index contributed by atoms with van der Waals surface area (Å²) in [6.07, 6.45) is 4.01. The van der Waals surface area contributed by atoms with Crippen LogP contribution in [0.4, 0.5) is 11.5 Å². The van der Waals surface area contributed by atoms with Gasteiger partial charge in [-0.25, -0.2) is 4.98 Å². The Morgan fingerprint density at radius 2 is 1.68 bits per heavy atom. The molecule has 1 aromatic carbocycles. The first-order chi connectivity index (χ1) is 13.4. The molecule has 0 atom stereocenters. The minimum Gasteiger partial charge on any atom is -0.370 e. The summed E-state index contributed by atoms with van der Waals surface area (Å²) in [4.78, 5) is 13.5. The number of rotatable bonds is 7. The molecule has 28 heavy (non-hydrogen) atoms. The minimum atomic E-state index is 0. The van der Waals surface area contributed by atoms with Crippen LogP contribution in [0.25, 0.3) is 0 Å². The Labute approximate surface area is 185 Å². The number of pyridine rings is 1. The minimum absolute atomic E-state index is 0. The van der Waals surface area contributed by atoms with Crippen LogP contribution in [0.2, 0.25) is 0 Å². The molecule has 3 rings (SSSR count). The molecule has 2 heterocycles. The predicted molar refractivity (Wildman–Crippen MR) is 129 cm³/mol. The summed E-state index contributed by atoms with van der Waals surface area (Å²) in [5.41, 5.74) is 1.31. The summed E-state index contributed by atoms with van der Waals surface area (Å²) in [5.74, 6) is 1.96. The fourth-order valence-electron chi connectivity index (χ4n) is 3.28. The van der Waals surface area contributed by atoms with Gasteiger partial charge in [0.2, 0.25) is 0 Å². The number of piperazine rings is 1. The van der Waals surface area contributed by atoms with Crippen LogP contribution < -0.4 is 15.5 Å². The van der Waals surface area contributed by atoms with Gasteiger partial charge in [0.15, 0.2) is 5.96 Å². The molecule has 0 spiro atoms. The molecule has 0 radical (unpaired) electrons. The molecule has 1 aliphatic rings. The van der Waals surface area contributed by atoms with E-state index in [1.807, 2.05) is 31.4 Å². The number of benzene rings is 1. The standard InChI is InChI=1S/C21H30N6.HI/c1-22-21(25-14-8-7-13-24-20-11-5-6-12-23-20)27-17-15-26(16-18-27)19-9-3-2-4-10-19;/h2-6,9-12H,7-8,13-18H2,1H3,(H,22,25)(H,23,24);1H. The SMILES string of the molecule is CN=C(NCCCCNc1ccccn1)N1CCN(c2ccccc2)CC1.I. The topological polar surface area (TPSA) is 55.8 Å². The molecule has 152 valence electrons. The van der Waals surface area contributed by atoms with Gasteiger partial charge in [0.05, 0.1) is 0 Å². The highest BCUT2D eigenvalue weighted by atomic mass is 127. The highest BCUT2D eigenvalue weighted by molar-refractivity contribution is 14.0. The second-order valence-corrected chi connectivity index (χ2v) is 6.63. The van der Waals surface area contributed by atoms with Crippen LogP contribution in [-0.4, -0.2) is 62.2 Å². The fourth-order valence-corrected chi connectivity index (χ4v) is 3.28. The molecule has 1 aromatic heterocycles. The predicted octanol–water partition coefficient (Wildman–Crippen LogP) is 3.29. The lowest BCUT2D eigenvalue weighted by atomic mass is 10.2. The third-order valence-corrected chi connectivity index (χ3v) is 4.77. The number of hydrogen-bond acceptors (Lipinski definition) is 4. The molecule has 0 aliphatic carbocycles. The Balaban J connectivity index is 0.00000280. The number of hydrogen-bond donors (Lipinski definition) is 2. The van der Waals surface area contributed by atoms with Crippen molar-refractivity contribution < 1.29 is 0 Å². The molecule has 1 saturated heterocycles. The van der Waals surface area contributed by atoms with E-state index >= 15 is 0 Å². The summed E-state index contributed by atoms with van der Waals surface area (Å²) < 4.78 is 0. The average molecular weight is 494 g/mol. The van der Waals surface area contributed by atoms with Gasteiger partial charge < -0.3 is 20.4 Å². The molecular formula is C21H31IN6. The Morgan fingerprint density at radius 3 is 2.36 bits per heavy atom. The van der Waals surface area contributed by atoms with Crippen LogP contribution in [-0.2, 0) is 0 Å². The normalized spacial score (nSPS) is 14.4. The zero-order chi connectivity index (χ0) is 18.7. The number of aromatic nitrogens is 1. The zero-order valence-corrected chi connectivity index (χ0v) is 18.9. The molecule has 6 nitrogen and oxygen atoms in total. The number of nitrogens with zero attached hydrogens (tertiary/aromatic N) is 4.